The summed E-state index contributed by atoms with van der Waals surface area (Å²) in [5, 5.41) is 13.1. The second-order valence-electron chi connectivity index (χ2n) is 7.74. The number of benzene rings is 3. The van der Waals surface area contributed by atoms with E-state index in [1.807, 2.05) is 42.5 Å². The molecular weight excluding hydrogens is 358 g/mol. The van der Waals surface area contributed by atoms with Gasteiger partial charge in [-0.3, -0.25) is 0 Å². The molecule has 0 amide bonds. The first-order valence-electron chi connectivity index (χ1n) is 9.82. The summed E-state index contributed by atoms with van der Waals surface area (Å²) < 4.78 is 12.3. The largest absolute Gasteiger partial charge is 0.456 e. The van der Waals surface area contributed by atoms with Crippen LogP contribution in [0.3, 0.4) is 0 Å². The third-order valence-electron chi connectivity index (χ3n) is 5.88. The van der Waals surface area contributed by atoms with Crippen LogP contribution >= 0.6 is 0 Å². The number of rotatable bonds is 1. The number of furan rings is 2. The Labute approximate surface area is 167 Å². The van der Waals surface area contributed by atoms with Crippen molar-refractivity contribution < 1.29 is 8.83 Å². The lowest BCUT2D eigenvalue weighted by atomic mass is 9.87. The number of fused-ring (bicyclic) bond motifs is 6. The van der Waals surface area contributed by atoms with Crippen LogP contribution in [-0.2, 0) is 6.42 Å². The Morgan fingerprint density at radius 1 is 0.897 bits per heavy atom. The number of nitrogens with zero attached hydrogens (tertiary/aromatic N) is 1. The Hall–Kier alpha value is -3.77. The molecule has 2 heterocycles. The SMILES string of the molecule is CC1C=Cc2oc3cccc(-c4c(C#N)ccc5oc6ccccc6c45)c3c2C1. The van der Waals surface area contributed by atoms with Crippen molar-refractivity contribution in [2.75, 3.05) is 0 Å². The van der Waals surface area contributed by atoms with E-state index in [1.165, 1.54) is 5.56 Å². The van der Waals surface area contributed by atoms with Gasteiger partial charge in [-0.05, 0) is 48.2 Å². The fraction of sp³-hybridized carbons (Fsp3) is 0.115. The van der Waals surface area contributed by atoms with E-state index in [2.05, 4.69) is 37.3 Å². The number of hydrogen-bond acceptors (Lipinski definition) is 3. The van der Waals surface area contributed by atoms with E-state index in [9.17, 15) is 5.26 Å². The predicted molar refractivity (Wildman–Crippen MR) is 116 cm³/mol. The van der Waals surface area contributed by atoms with Crippen LogP contribution in [0.5, 0.6) is 0 Å². The van der Waals surface area contributed by atoms with Gasteiger partial charge in [0.25, 0.3) is 0 Å². The van der Waals surface area contributed by atoms with Crippen LogP contribution in [0.1, 0.15) is 23.8 Å². The zero-order chi connectivity index (χ0) is 19.5. The Kier molecular flexibility index (Phi) is 3.28. The van der Waals surface area contributed by atoms with Gasteiger partial charge in [-0.1, -0.05) is 43.3 Å². The maximum Gasteiger partial charge on any atom is 0.136 e. The van der Waals surface area contributed by atoms with Gasteiger partial charge in [0.05, 0.1) is 11.6 Å². The molecule has 2 aromatic heterocycles. The highest BCUT2D eigenvalue weighted by Gasteiger charge is 2.24. The van der Waals surface area contributed by atoms with Crippen molar-refractivity contribution in [3.63, 3.8) is 0 Å². The number of hydrogen-bond donors (Lipinski definition) is 0. The summed E-state index contributed by atoms with van der Waals surface area (Å²) in [5.41, 5.74) is 6.31. The molecular formula is C26H17NO2. The van der Waals surface area contributed by atoms with Crippen molar-refractivity contribution in [3.8, 4) is 17.2 Å². The minimum atomic E-state index is 0.456. The minimum Gasteiger partial charge on any atom is -0.456 e. The van der Waals surface area contributed by atoms with E-state index in [0.717, 1.165) is 56.2 Å². The van der Waals surface area contributed by atoms with Crippen LogP contribution in [0, 0.1) is 17.2 Å². The second kappa shape index (κ2) is 5.86. The first-order valence-corrected chi connectivity index (χ1v) is 9.82. The van der Waals surface area contributed by atoms with Gasteiger partial charge in [0.15, 0.2) is 0 Å². The Morgan fingerprint density at radius 3 is 2.62 bits per heavy atom. The molecule has 3 nitrogen and oxygen atoms in total. The molecule has 5 aromatic rings. The molecule has 1 unspecified atom stereocenters. The molecule has 0 N–H and O–H groups in total. The molecule has 3 aromatic carbocycles. The Morgan fingerprint density at radius 2 is 1.72 bits per heavy atom. The summed E-state index contributed by atoms with van der Waals surface area (Å²) >= 11 is 0. The van der Waals surface area contributed by atoms with Gasteiger partial charge in [0, 0.05) is 27.3 Å². The molecule has 0 spiro atoms. The molecule has 1 aliphatic rings. The second-order valence-corrected chi connectivity index (χ2v) is 7.74. The highest BCUT2D eigenvalue weighted by molar-refractivity contribution is 6.16. The van der Waals surface area contributed by atoms with Gasteiger partial charge in [-0.2, -0.15) is 5.26 Å². The first kappa shape index (κ1) is 16.2. The number of para-hydroxylation sites is 1. The average Bonchev–Trinajstić information content (AvgIpc) is 3.31. The molecule has 1 aliphatic carbocycles. The smallest absolute Gasteiger partial charge is 0.136 e. The lowest BCUT2D eigenvalue weighted by Gasteiger charge is -2.13. The summed E-state index contributed by atoms with van der Waals surface area (Å²) in [6, 6.07) is 20.3. The summed E-state index contributed by atoms with van der Waals surface area (Å²) in [6.07, 6.45) is 5.20. The summed E-state index contributed by atoms with van der Waals surface area (Å²) in [5.74, 6) is 1.38. The van der Waals surface area contributed by atoms with E-state index in [1.54, 1.807) is 0 Å². The lowest BCUT2D eigenvalue weighted by molar-refractivity contribution is 0.584. The molecule has 1 atom stereocenters. The minimum absolute atomic E-state index is 0.456. The van der Waals surface area contributed by atoms with Crippen LogP contribution in [0.2, 0.25) is 0 Å². The van der Waals surface area contributed by atoms with Crippen molar-refractivity contribution >= 4 is 39.0 Å². The van der Waals surface area contributed by atoms with Gasteiger partial charge < -0.3 is 8.83 Å². The van der Waals surface area contributed by atoms with Crippen LogP contribution in [0.15, 0.2) is 69.5 Å². The Bertz CT molecular complexity index is 1510. The zero-order valence-corrected chi connectivity index (χ0v) is 15.9. The van der Waals surface area contributed by atoms with Crippen molar-refractivity contribution in [1.29, 1.82) is 5.26 Å². The summed E-state index contributed by atoms with van der Waals surface area (Å²) in [7, 11) is 0. The maximum absolute atomic E-state index is 9.94. The summed E-state index contributed by atoms with van der Waals surface area (Å²) in [4.78, 5) is 0. The van der Waals surface area contributed by atoms with E-state index in [4.69, 9.17) is 8.83 Å². The summed E-state index contributed by atoms with van der Waals surface area (Å²) in [6.45, 7) is 2.21. The fourth-order valence-electron chi connectivity index (χ4n) is 4.61. The molecule has 0 radical (unpaired) electrons. The van der Waals surface area contributed by atoms with Crippen molar-refractivity contribution in [3.05, 3.63) is 77.6 Å². The van der Waals surface area contributed by atoms with E-state index in [0.29, 0.717) is 11.5 Å². The molecule has 0 saturated heterocycles. The third kappa shape index (κ3) is 2.23. The van der Waals surface area contributed by atoms with Crippen LogP contribution in [0.25, 0.3) is 50.1 Å². The van der Waals surface area contributed by atoms with E-state index in [-0.39, 0.29) is 0 Å². The number of nitriles is 1. The molecule has 0 aliphatic heterocycles. The monoisotopic (exact) mass is 375 g/mol. The van der Waals surface area contributed by atoms with Gasteiger partial charge in [0.2, 0.25) is 0 Å². The third-order valence-corrected chi connectivity index (χ3v) is 5.88. The van der Waals surface area contributed by atoms with Crippen molar-refractivity contribution in [1.82, 2.24) is 0 Å². The van der Waals surface area contributed by atoms with Crippen molar-refractivity contribution in [2.24, 2.45) is 5.92 Å². The van der Waals surface area contributed by atoms with Crippen LogP contribution in [0.4, 0.5) is 0 Å². The van der Waals surface area contributed by atoms with E-state index >= 15 is 0 Å². The van der Waals surface area contributed by atoms with Gasteiger partial charge in [-0.25, -0.2) is 0 Å². The number of allylic oxidation sites excluding steroid dienone is 1. The molecule has 0 fully saturated rings. The molecule has 138 valence electrons. The zero-order valence-electron chi connectivity index (χ0n) is 15.9. The molecule has 0 bridgehead atoms. The van der Waals surface area contributed by atoms with Gasteiger partial charge in [-0.15, -0.1) is 0 Å². The molecule has 0 saturated carbocycles. The molecule has 3 heteroatoms. The lowest BCUT2D eigenvalue weighted by Crippen LogP contribution is -2.01. The maximum atomic E-state index is 9.94. The van der Waals surface area contributed by atoms with Crippen LogP contribution in [-0.4, -0.2) is 0 Å². The Balaban J connectivity index is 1.80. The van der Waals surface area contributed by atoms with Gasteiger partial charge >= 0.3 is 0 Å². The first-order chi connectivity index (χ1) is 14.2. The normalized spacial score (nSPS) is 15.8. The molecule has 29 heavy (non-hydrogen) atoms. The predicted octanol–water partition coefficient (Wildman–Crippen LogP) is 7.08. The average molecular weight is 375 g/mol. The van der Waals surface area contributed by atoms with E-state index < -0.39 is 0 Å². The highest BCUT2D eigenvalue weighted by atomic mass is 16.3. The molecule has 6 rings (SSSR count). The topological polar surface area (TPSA) is 50.1 Å². The fourth-order valence-corrected chi connectivity index (χ4v) is 4.61. The van der Waals surface area contributed by atoms with Gasteiger partial charge in [0.1, 0.15) is 22.5 Å². The standard InChI is InChI=1S/C26H17NO2/c1-15-9-11-21-19(13-15)25-18(6-4-8-22(25)29-21)24-16(14-27)10-12-23-26(24)17-5-2-3-7-20(17)28-23/h2-12,15H,13H2,1H3. The quantitative estimate of drug-likeness (QED) is 0.315. The highest BCUT2D eigenvalue weighted by Crippen LogP contribution is 2.44. The van der Waals surface area contributed by atoms with Crippen LogP contribution < -0.4 is 0 Å². The van der Waals surface area contributed by atoms with Crippen molar-refractivity contribution in [2.45, 2.75) is 13.3 Å².